The van der Waals surface area contributed by atoms with Crippen LogP contribution in [0.2, 0.25) is 0 Å². The van der Waals surface area contributed by atoms with Crippen LogP contribution in [0.5, 0.6) is 0 Å². The summed E-state index contributed by atoms with van der Waals surface area (Å²) in [6, 6.07) is 9.83. The number of hydrogen-bond acceptors (Lipinski definition) is 3. The molecule has 1 aliphatic heterocycles. The van der Waals surface area contributed by atoms with Gasteiger partial charge in [-0.15, -0.1) is 0 Å². The van der Waals surface area contributed by atoms with Crippen molar-refractivity contribution in [3.8, 4) is 0 Å². The van der Waals surface area contributed by atoms with Gasteiger partial charge in [0.05, 0.1) is 6.04 Å². The molecule has 0 aromatic heterocycles. The van der Waals surface area contributed by atoms with Gasteiger partial charge in [-0.3, -0.25) is 14.5 Å². The number of nitrogens with one attached hydrogen (secondary N) is 1. The van der Waals surface area contributed by atoms with E-state index in [2.05, 4.69) is 10.2 Å². The van der Waals surface area contributed by atoms with E-state index in [0.29, 0.717) is 6.04 Å². The van der Waals surface area contributed by atoms with Crippen LogP contribution in [0.1, 0.15) is 55.8 Å². The zero-order chi connectivity index (χ0) is 16.9. The molecule has 130 valence electrons. The highest BCUT2D eigenvalue weighted by Crippen LogP contribution is 2.23. The van der Waals surface area contributed by atoms with E-state index in [9.17, 15) is 9.59 Å². The Labute approximate surface area is 144 Å². The van der Waals surface area contributed by atoms with E-state index in [1.807, 2.05) is 37.3 Å². The van der Waals surface area contributed by atoms with Crippen LogP contribution in [0.3, 0.4) is 0 Å². The fourth-order valence-electron chi connectivity index (χ4n) is 3.94. The molecule has 24 heavy (non-hydrogen) atoms. The molecule has 0 radical (unpaired) electrons. The number of carbonyl (C=O) groups excluding carboxylic acids is 2. The number of rotatable bonds is 5. The molecule has 1 saturated heterocycles. The van der Waals surface area contributed by atoms with Crippen LogP contribution in [0.15, 0.2) is 30.3 Å². The van der Waals surface area contributed by atoms with Crippen molar-refractivity contribution in [2.75, 3.05) is 13.1 Å². The number of carbonyl (C=O) groups is 2. The quantitative estimate of drug-likeness (QED) is 0.845. The molecule has 1 aromatic carbocycles. The third kappa shape index (κ3) is 4.04. The van der Waals surface area contributed by atoms with Crippen molar-refractivity contribution < 1.29 is 9.59 Å². The molecular formula is C20H28N2O2. The van der Waals surface area contributed by atoms with Crippen LogP contribution in [-0.4, -0.2) is 41.8 Å². The maximum atomic E-state index is 12.5. The second kappa shape index (κ2) is 7.93. The Bertz CT molecular complexity index is 558. The van der Waals surface area contributed by atoms with Gasteiger partial charge >= 0.3 is 0 Å². The van der Waals surface area contributed by atoms with Gasteiger partial charge in [-0.05, 0) is 45.7 Å². The molecule has 1 aliphatic carbocycles. The first-order chi connectivity index (χ1) is 11.6. The molecule has 1 aromatic rings. The van der Waals surface area contributed by atoms with Gasteiger partial charge in [0.2, 0.25) is 5.91 Å². The average molecular weight is 328 g/mol. The Kier molecular flexibility index (Phi) is 5.67. The van der Waals surface area contributed by atoms with Crippen molar-refractivity contribution in [1.29, 1.82) is 0 Å². The summed E-state index contributed by atoms with van der Waals surface area (Å²) in [5.41, 5.74) is 0.808. The Morgan fingerprint density at radius 2 is 1.67 bits per heavy atom. The minimum absolute atomic E-state index is 0.0914. The van der Waals surface area contributed by atoms with Crippen molar-refractivity contribution in [3.63, 3.8) is 0 Å². The lowest BCUT2D eigenvalue weighted by Crippen LogP contribution is -2.50. The monoisotopic (exact) mass is 328 g/mol. The summed E-state index contributed by atoms with van der Waals surface area (Å²) in [6.45, 7) is 3.63. The van der Waals surface area contributed by atoms with Gasteiger partial charge in [-0.25, -0.2) is 0 Å². The molecule has 1 N–H and O–H groups in total. The van der Waals surface area contributed by atoms with Gasteiger partial charge < -0.3 is 5.32 Å². The topological polar surface area (TPSA) is 49.4 Å². The molecule has 4 heteroatoms. The molecular weight excluding hydrogens is 300 g/mol. The molecule has 0 spiro atoms. The Morgan fingerprint density at radius 1 is 1.04 bits per heavy atom. The van der Waals surface area contributed by atoms with Crippen molar-refractivity contribution in [1.82, 2.24) is 10.2 Å². The summed E-state index contributed by atoms with van der Waals surface area (Å²) in [5.74, 6) is 0.488. The third-order valence-electron chi connectivity index (χ3n) is 5.59. The highest BCUT2D eigenvalue weighted by Gasteiger charge is 2.31. The summed E-state index contributed by atoms with van der Waals surface area (Å²) in [7, 11) is 0. The molecule has 2 fully saturated rings. The van der Waals surface area contributed by atoms with E-state index in [1.165, 1.54) is 12.8 Å². The van der Waals surface area contributed by atoms with Gasteiger partial charge in [0.15, 0.2) is 5.78 Å². The van der Waals surface area contributed by atoms with Gasteiger partial charge in [-0.2, -0.15) is 0 Å². The number of amides is 1. The highest BCUT2D eigenvalue weighted by molar-refractivity contribution is 5.97. The maximum Gasteiger partial charge on any atom is 0.237 e. The lowest BCUT2D eigenvalue weighted by molar-refractivity contribution is -0.127. The Balaban J connectivity index is 1.49. The lowest BCUT2D eigenvalue weighted by Gasteiger charge is -2.35. The first kappa shape index (κ1) is 17.2. The van der Waals surface area contributed by atoms with E-state index in [4.69, 9.17) is 0 Å². The average Bonchev–Trinajstić information content (AvgIpc) is 3.14. The molecule has 1 heterocycles. The zero-order valence-corrected chi connectivity index (χ0v) is 14.5. The van der Waals surface area contributed by atoms with E-state index >= 15 is 0 Å². The number of hydrogen-bond donors (Lipinski definition) is 1. The number of ketones is 1. The first-order valence-corrected chi connectivity index (χ1v) is 9.29. The SMILES string of the molecule is C[C@H](C(=O)NC1CCCC1)N1CCC(C(=O)c2ccccc2)CC1. The van der Waals surface area contributed by atoms with E-state index in [0.717, 1.165) is 44.3 Å². The number of nitrogens with zero attached hydrogens (tertiary/aromatic N) is 1. The summed E-state index contributed by atoms with van der Waals surface area (Å²) in [6.07, 6.45) is 6.38. The van der Waals surface area contributed by atoms with Crippen LogP contribution >= 0.6 is 0 Å². The predicted molar refractivity (Wildman–Crippen MR) is 94.9 cm³/mol. The van der Waals surface area contributed by atoms with Crippen LogP contribution < -0.4 is 5.32 Å². The van der Waals surface area contributed by atoms with Crippen molar-refractivity contribution in [3.05, 3.63) is 35.9 Å². The molecule has 3 rings (SSSR count). The second-order valence-electron chi connectivity index (χ2n) is 7.21. The normalized spacial score (nSPS) is 21.5. The molecule has 4 nitrogen and oxygen atoms in total. The predicted octanol–water partition coefficient (Wildman–Crippen LogP) is 3.03. The largest absolute Gasteiger partial charge is 0.352 e. The van der Waals surface area contributed by atoms with Crippen LogP contribution in [-0.2, 0) is 4.79 Å². The van der Waals surface area contributed by atoms with Crippen molar-refractivity contribution >= 4 is 11.7 Å². The van der Waals surface area contributed by atoms with E-state index in [-0.39, 0.29) is 23.7 Å². The van der Waals surface area contributed by atoms with Crippen LogP contribution in [0.4, 0.5) is 0 Å². The van der Waals surface area contributed by atoms with Crippen molar-refractivity contribution in [2.45, 2.75) is 57.5 Å². The summed E-state index contributed by atoms with van der Waals surface area (Å²) >= 11 is 0. The molecule has 1 amide bonds. The lowest BCUT2D eigenvalue weighted by atomic mass is 9.88. The summed E-state index contributed by atoms with van der Waals surface area (Å²) in [5, 5.41) is 3.19. The smallest absolute Gasteiger partial charge is 0.237 e. The molecule has 0 unspecified atom stereocenters. The fraction of sp³-hybridized carbons (Fsp3) is 0.600. The highest BCUT2D eigenvalue weighted by atomic mass is 16.2. The Hall–Kier alpha value is -1.68. The zero-order valence-electron chi connectivity index (χ0n) is 14.5. The van der Waals surface area contributed by atoms with Gasteiger partial charge in [0.25, 0.3) is 0 Å². The Morgan fingerprint density at radius 3 is 2.29 bits per heavy atom. The van der Waals surface area contributed by atoms with Crippen LogP contribution in [0.25, 0.3) is 0 Å². The summed E-state index contributed by atoms with van der Waals surface area (Å²) in [4.78, 5) is 27.2. The fourth-order valence-corrected chi connectivity index (χ4v) is 3.94. The molecule has 2 aliphatic rings. The number of benzene rings is 1. The molecule has 0 bridgehead atoms. The molecule has 1 atom stereocenters. The van der Waals surface area contributed by atoms with Gasteiger partial charge in [0, 0.05) is 17.5 Å². The first-order valence-electron chi connectivity index (χ1n) is 9.29. The standard InChI is InChI=1S/C20H28N2O2/c1-15(20(24)21-18-9-5-6-10-18)22-13-11-17(12-14-22)19(23)16-7-3-2-4-8-16/h2-4,7-8,15,17-18H,5-6,9-14H2,1H3,(H,21,24)/t15-/m1/s1. The van der Waals surface area contributed by atoms with Crippen LogP contribution in [0, 0.1) is 5.92 Å². The summed E-state index contributed by atoms with van der Waals surface area (Å²) < 4.78 is 0. The minimum Gasteiger partial charge on any atom is -0.352 e. The number of piperidine rings is 1. The second-order valence-corrected chi connectivity index (χ2v) is 7.21. The maximum absolute atomic E-state index is 12.5. The molecule has 1 saturated carbocycles. The van der Waals surface area contributed by atoms with Gasteiger partial charge in [-0.1, -0.05) is 43.2 Å². The number of Topliss-reactive ketones (excluding diaryl/α,β-unsaturated/α-hetero) is 1. The number of likely N-dealkylation sites (tertiary alicyclic amines) is 1. The van der Waals surface area contributed by atoms with E-state index < -0.39 is 0 Å². The van der Waals surface area contributed by atoms with E-state index in [1.54, 1.807) is 0 Å². The third-order valence-corrected chi connectivity index (χ3v) is 5.59. The van der Waals surface area contributed by atoms with Gasteiger partial charge in [0.1, 0.15) is 0 Å². The minimum atomic E-state index is -0.0987. The van der Waals surface area contributed by atoms with Crippen molar-refractivity contribution in [2.24, 2.45) is 5.92 Å².